The van der Waals surface area contributed by atoms with E-state index in [1.165, 1.54) is 0 Å². The second-order valence-electron chi connectivity index (χ2n) is 9.20. The lowest BCUT2D eigenvalue weighted by Crippen LogP contribution is -2.45. The summed E-state index contributed by atoms with van der Waals surface area (Å²) >= 11 is 0. The average molecular weight is 499 g/mol. The quantitative estimate of drug-likeness (QED) is 0.445. The number of nitrogens with one attached hydrogen (secondary N) is 1. The first-order valence-electron chi connectivity index (χ1n) is 12.2. The highest BCUT2D eigenvalue weighted by Gasteiger charge is 2.24. The predicted molar refractivity (Wildman–Crippen MR) is 141 cm³/mol. The van der Waals surface area contributed by atoms with Crippen LogP contribution >= 0.6 is 0 Å². The number of likely N-dealkylation sites (tertiary alicyclic amines) is 1. The molecular weight excluding hydrogens is 468 g/mol. The summed E-state index contributed by atoms with van der Waals surface area (Å²) in [6.07, 6.45) is 1.83. The van der Waals surface area contributed by atoms with E-state index in [9.17, 15) is 14.7 Å². The van der Waals surface area contributed by atoms with Crippen molar-refractivity contribution >= 4 is 17.6 Å². The molecule has 3 aromatic carbocycles. The SMILES string of the molecule is CN(CC(=O)Nc1ccc(Oc2ccc(C#N)cc2)cc1)C1CCN(Cc2ccccc2C(=O)O)CC1. The fourth-order valence-corrected chi connectivity index (χ4v) is 4.52. The van der Waals surface area contributed by atoms with Crippen LogP contribution in [0.25, 0.3) is 0 Å². The van der Waals surface area contributed by atoms with Crippen molar-refractivity contribution in [2.45, 2.75) is 25.4 Å². The molecule has 1 saturated heterocycles. The largest absolute Gasteiger partial charge is 0.478 e. The van der Waals surface area contributed by atoms with Crippen LogP contribution < -0.4 is 10.1 Å². The summed E-state index contributed by atoms with van der Waals surface area (Å²) in [6.45, 7) is 2.61. The molecule has 4 rings (SSSR count). The van der Waals surface area contributed by atoms with Crippen LogP contribution in [0.2, 0.25) is 0 Å². The van der Waals surface area contributed by atoms with Gasteiger partial charge in [-0.05, 0) is 93.1 Å². The van der Waals surface area contributed by atoms with Gasteiger partial charge < -0.3 is 15.2 Å². The average Bonchev–Trinajstić information content (AvgIpc) is 2.91. The molecule has 0 radical (unpaired) electrons. The Balaban J connectivity index is 1.22. The molecular formula is C29H30N4O4. The maximum Gasteiger partial charge on any atom is 0.336 e. The maximum absolute atomic E-state index is 12.6. The molecule has 1 heterocycles. The van der Waals surface area contributed by atoms with E-state index in [0.717, 1.165) is 31.5 Å². The van der Waals surface area contributed by atoms with Crippen molar-refractivity contribution in [1.82, 2.24) is 9.80 Å². The fraction of sp³-hybridized carbons (Fsp3) is 0.276. The maximum atomic E-state index is 12.6. The predicted octanol–water partition coefficient (Wildman–Crippen LogP) is 4.58. The Hall–Kier alpha value is -4.19. The molecule has 8 nitrogen and oxygen atoms in total. The van der Waals surface area contributed by atoms with Crippen LogP contribution in [0.4, 0.5) is 5.69 Å². The normalized spacial score (nSPS) is 14.2. The number of nitriles is 1. The molecule has 8 heteroatoms. The minimum absolute atomic E-state index is 0.0823. The second-order valence-corrected chi connectivity index (χ2v) is 9.20. The number of hydrogen-bond donors (Lipinski definition) is 2. The van der Waals surface area contributed by atoms with Gasteiger partial charge in [-0.15, -0.1) is 0 Å². The zero-order valence-corrected chi connectivity index (χ0v) is 20.8. The molecule has 0 atom stereocenters. The summed E-state index contributed by atoms with van der Waals surface area (Å²) in [7, 11) is 1.97. The summed E-state index contributed by atoms with van der Waals surface area (Å²) in [5, 5.41) is 21.2. The van der Waals surface area contributed by atoms with Crippen molar-refractivity contribution in [1.29, 1.82) is 5.26 Å². The van der Waals surface area contributed by atoms with E-state index in [2.05, 4.69) is 21.2 Å². The topological polar surface area (TPSA) is 106 Å². The monoisotopic (exact) mass is 498 g/mol. The first kappa shape index (κ1) is 25.9. The molecule has 3 aromatic rings. The number of aromatic carboxylic acids is 1. The number of carbonyl (C=O) groups excluding carboxylic acids is 1. The van der Waals surface area contributed by atoms with Crippen LogP contribution in [-0.2, 0) is 11.3 Å². The standard InChI is InChI=1S/C29H30N4O4/c1-32(24-14-16-33(17-15-24)19-22-4-2-3-5-27(22)29(35)36)20-28(34)31-23-8-12-26(13-9-23)37-25-10-6-21(18-30)7-11-25/h2-13,24H,14-17,19-20H2,1H3,(H,31,34)(H,35,36). The van der Waals surface area contributed by atoms with Gasteiger partial charge in [0.15, 0.2) is 0 Å². The summed E-state index contributed by atoms with van der Waals surface area (Å²) in [5.41, 5.74) is 2.45. The Kier molecular flexibility index (Phi) is 8.52. The summed E-state index contributed by atoms with van der Waals surface area (Å²) in [5.74, 6) is 0.290. The first-order chi connectivity index (χ1) is 17.9. The molecule has 37 heavy (non-hydrogen) atoms. The minimum Gasteiger partial charge on any atom is -0.478 e. The number of benzene rings is 3. The molecule has 1 aliphatic heterocycles. The van der Waals surface area contributed by atoms with Gasteiger partial charge in [0.05, 0.1) is 23.7 Å². The number of likely N-dealkylation sites (N-methyl/N-ethyl adjacent to an activating group) is 1. The highest BCUT2D eigenvalue weighted by atomic mass is 16.5. The summed E-state index contributed by atoms with van der Waals surface area (Å²) < 4.78 is 5.78. The summed E-state index contributed by atoms with van der Waals surface area (Å²) in [6, 6.07) is 23.5. The Labute approximate surface area is 216 Å². The third kappa shape index (κ3) is 7.17. The molecule has 0 bridgehead atoms. The molecule has 1 amide bonds. The molecule has 2 N–H and O–H groups in total. The lowest BCUT2D eigenvalue weighted by Gasteiger charge is -2.36. The number of piperidine rings is 1. The third-order valence-electron chi connectivity index (χ3n) is 6.57. The third-order valence-corrected chi connectivity index (χ3v) is 6.57. The molecule has 0 aliphatic carbocycles. The lowest BCUT2D eigenvalue weighted by atomic mass is 10.0. The first-order valence-corrected chi connectivity index (χ1v) is 12.2. The number of amides is 1. The van der Waals surface area contributed by atoms with Crippen molar-refractivity contribution in [3.63, 3.8) is 0 Å². The van der Waals surface area contributed by atoms with Gasteiger partial charge in [0, 0.05) is 18.3 Å². The smallest absolute Gasteiger partial charge is 0.336 e. The van der Waals surface area contributed by atoms with E-state index in [1.54, 1.807) is 60.7 Å². The van der Waals surface area contributed by atoms with Gasteiger partial charge in [0.1, 0.15) is 11.5 Å². The molecule has 1 aliphatic rings. The highest BCUT2D eigenvalue weighted by Crippen LogP contribution is 2.24. The second kappa shape index (κ2) is 12.2. The number of nitrogens with zero attached hydrogens (tertiary/aromatic N) is 3. The van der Waals surface area contributed by atoms with Gasteiger partial charge in [-0.25, -0.2) is 4.79 Å². The lowest BCUT2D eigenvalue weighted by molar-refractivity contribution is -0.117. The summed E-state index contributed by atoms with van der Waals surface area (Å²) in [4.78, 5) is 28.5. The van der Waals surface area contributed by atoms with Crippen LogP contribution in [0, 0.1) is 11.3 Å². The molecule has 0 aromatic heterocycles. The van der Waals surface area contributed by atoms with Crippen molar-refractivity contribution in [3.8, 4) is 17.6 Å². The zero-order chi connectivity index (χ0) is 26.2. The van der Waals surface area contributed by atoms with Crippen LogP contribution in [0.15, 0.2) is 72.8 Å². The van der Waals surface area contributed by atoms with E-state index in [1.807, 2.05) is 19.2 Å². The number of anilines is 1. The van der Waals surface area contributed by atoms with Crippen molar-refractivity contribution < 1.29 is 19.4 Å². The van der Waals surface area contributed by atoms with Crippen molar-refractivity contribution in [2.24, 2.45) is 0 Å². The van der Waals surface area contributed by atoms with Gasteiger partial charge in [0.2, 0.25) is 5.91 Å². The highest BCUT2D eigenvalue weighted by molar-refractivity contribution is 5.92. The fourth-order valence-electron chi connectivity index (χ4n) is 4.52. The number of hydrogen-bond acceptors (Lipinski definition) is 6. The zero-order valence-electron chi connectivity index (χ0n) is 20.8. The van der Waals surface area contributed by atoms with Crippen LogP contribution in [0.5, 0.6) is 11.5 Å². The molecule has 0 saturated carbocycles. The Morgan fingerprint density at radius 3 is 2.27 bits per heavy atom. The number of ether oxygens (including phenoxy) is 1. The number of carboxylic acids is 1. The number of rotatable bonds is 9. The van der Waals surface area contributed by atoms with Crippen LogP contribution in [-0.4, -0.2) is 59.5 Å². The van der Waals surface area contributed by atoms with Crippen LogP contribution in [0.3, 0.4) is 0 Å². The van der Waals surface area contributed by atoms with Gasteiger partial charge in [0.25, 0.3) is 0 Å². The molecule has 190 valence electrons. The van der Waals surface area contributed by atoms with E-state index in [0.29, 0.717) is 40.9 Å². The van der Waals surface area contributed by atoms with E-state index in [-0.39, 0.29) is 12.5 Å². The van der Waals surface area contributed by atoms with E-state index >= 15 is 0 Å². The van der Waals surface area contributed by atoms with Gasteiger partial charge >= 0.3 is 5.97 Å². The van der Waals surface area contributed by atoms with Crippen molar-refractivity contribution in [2.75, 3.05) is 32.0 Å². The van der Waals surface area contributed by atoms with Gasteiger partial charge in [-0.1, -0.05) is 18.2 Å². The van der Waals surface area contributed by atoms with Crippen LogP contribution in [0.1, 0.15) is 34.3 Å². The Morgan fingerprint density at radius 2 is 1.65 bits per heavy atom. The Bertz CT molecular complexity index is 1260. The number of carboxylic acid groups (broad SMARTS) is 1. The molecule has 0 spiro atoms. The van der Waals surface area contributed by atoms with Gasteiger partial charge in [-0.2, -0.15) is 5.26 Å². The molecule has 1 fully saturated rings. The number of carbonyl (C=O) groups is 2. The van der Waals surface area contributed by atoms with Crippen molar-refractivity contribution in [3.05, 3.63) is 89.5 Å². The van der Waals surface area contributed by atoms with E-state index in [4.69, 9.17) is 10.00 Å². The minimum atomic E-state index is -0.898. The van der Waals surface area contributed by atoms with Gasteiger partial charge in [-0.3, -0.25) is 14.6 Å². The Morgan fingerprint density at radius 1 is 1.03 bits per heavy atom. The molecule has 0 unspecified atom stereocenters. The van der Waals surface area contributed by atoms with E-state index < -0.39 is 5.97 Å².